The molecule has 1 aliphatic rings. The van der Waals surface area contributed by atoms with Crippen molar-refractivity contribution < 1.29 is 0 Å². The number of rotatable bonds is 4. The fourth-order valence-electron chi connectivity index (χ4n) is 1.45. The van der Waals surface area contributed by atoms with Gasteiger partial charge >= 0.3 is 0 Å². The van der Waals surface area contributed by atoms with E-state index in [0.29, 0.717) is 12.1 Å². The van der Waals surface area contributed by atoms with Crippen LogP contribution in [0.5, 0.6) is 0 Å². The van der Waals surface area contributed by atoms with Crippen molar-refractivity contribution in [2.45, 2.75) is 52.1 Å². The van der Waals surface area contributed by atoms with Gasteiger partial charge in [-0.05, 0) is 33.1 Å². The van der Waals surface area contributed by atoms with Gasteiger partial charge in [0.05, 0.1) is 0 Å². The molecule has 0 heterocycles. The molecule has 0 aromatic heterocycles. The summed E-state index contributed by atoms with van der Waals surface area (Å²) in [7, 11) is 0. The maximum absolute atomic E-state index is 5.92. The molecule has 0 aliphatic heterocycles. The molecule has 3 nitrogen and oxygen atoms in total. The highest BCUT2D eigenvalue weighted by Crippen LogP contribution is 2.26. The second kappa shape index (κ2) is 4.49. The Labute approximate surface area is 81.0 Å². The molecule has 1 aliphatic carbocycles. The first-order valence-corrected chi connectivity index (χ1v) is 5.25. The zero-order valence-corrected chi connectivity index (χ0v) is 8.95. The van der Waals surface area contributed by atoms with Crippen LogP contribution in [-0.2, 0) is 0 Å². The van der Waals surface area contributed by atoms with Crippen molar-refractivity contribution in [2.75, 3.05) is 6.54 Å². The molecule has 0 amide bonds. The topological polar surface area (TPSA) is 41.6 Å². The third-order valence-electron chi connectivity index (χ3n) is 2.14. The van der Waals surface area contributed by atoms with Crippen LogP contribution in [-0.4, -0.2) is 29.5 Å². The van der Waals surface area contributed by atoms with E-state index in [0.717, 1.165) is 18.9 Å². The molecule has 1 fully saturated rings. The van der Waals surface area contributed by atoms with E-state index in [-0.39, 0.29) is 0 Å². The molecule has 0 unspecified atom stereocenters. The van der Waals surface area contributed by atoms with Crippen LogP contribution in [0.2, 0.25) is 0 Å². The van der Waals surface area contributed by atoms with Crippen molar-refractivity contribution in [2.24, 2.45) is 10.7 Å². The van der Waals surface area contributed by atoms with Gasteiger partial charge in [-0.2, -0.15) is 0 Å². The van der Waals surface area contributed by atoms with E-state index in [9.17, 15) is 0 Å². The van der Waals surface area contributed by atoms with E-state index < -0.39 is 0 Å². The van der Waals surface area contributed by atoms with Gasteiger partial charge in [-0.15, -0.1) is 0 Å². The SMILES string of the molecule is CCCN(C(N)=NC(C)C)C1CC1. The summed E-state index contributed by atoms with van der Waals surface area (Å²) in [5, 5.41) is 0. The molecule has 0 atom stereocenters. The van der Waals surface area contributed by atoms with Crippen LogP contribution in [0.4, 0.5) is 0 Å². The predicted octanol–water partition coefficient (Wildman–Crippen LogP) is 1.58. The molecule has 0 spiro atoms. The number of guanidine groups is 1. The first-order chi connectivity index (χ1) is 6.15. The molecule has 1 rings (SSSR count). The van der Waals surface area contributed by atoms with Crippen LogP contribution in [0.25, 0.3) is 0 Å². The molecule has 1 saturated carbocycles. The lowest BCUT2D eigenvalue weighted by atomic mass is 10.4. The summed E-state index contributed by atoms with van der Waals surface area (Å²) in [6, 6.07) is 0.987. The van der Waals surface area contributed by atoms with Crippen LogP contribution in [0, 0.1) is 0 Å². The molecule has 2 N–H and O–H groups in total. The monoisotopic (exact) mass is 183 g/mol. The highest BCUT2D eigenvalue weighted by Gasteiger charge is 2.29. The number of nitrogens with two attached hydrogens (primary N) is 1. The molecule has 0 aromatic rings. The fraction of sp³-hybridized carbons (Fsp3) is 0.900. The van der Waals surface area contributed by atoms with Crippen LogP contribution in [0.1, 0.15) is 40.0 Å². The Hall–Kier alpha value is -0.730. The van der Waals surface area contributed by atoms with Gasteiger partial charge in [-0.25, -0.2) is 0 Å². The summed E-state index contributed by atoms with van der Waals surface area (Å²) in [5.74, 6) is 0.736. The zero-order chi connectivity index (χ0) is 9.84. The minimum Gasteiger partial charge on any atom is -0.370 e. The van der Waals surface area contributed by atoms with Crippen LogP contribution in [0.15, 0.2) is 4.99 Å². The second-order valence-corrected chi connectivity index (χ2v) is 4.01. The number of nitrogens with zero attached hydrogens (tertiary/aromatic N) is 2. The van der Waals surface area contributed by atoms with Gasteiger partial charge in [-0.1, -0.05) is 6.92 Å². The molecule has 76 valence electrons. The summed E-state index contributed by atoms with van der Waals surface area (Å²) in [6.07, 6.45) is 3.72. The van der Waals surface area contributed by atoms with Crippen molar-refractivity contribution in [1.29, 1.82) is 0 Å². The summed E-state index contributed by atoms with van der Waals surface area (Å²) in [5.41, 5.74) is 5.92. The first-order valence-electron chi connectivity index (χ1n) is 5.25. The van der Waals surface area contributed by atoms with Gasteiger partial charge in [0.2, 0.25) is 0 Å². The molecule has 0 aromatic carbocycles. The normalized spacial score (nSPS) is 18.0. The van der Waals surface area contributed by atoms with E-state index in [1.807, 2.05) is 0 Å². The Kier molecular flexibility index (Phi) is 3.58. The highest BCUT2D eigenvalue weighted by molar-refractivity contribution is 5.78. The maximum atomic E-state index is 5.92. The van der Waals surface area contributed by atoms with Crippen molar-refractivity contribution in [3.05, 3.63) is 0 Å². The minimum absolute atomic E-state index is 0.304. The Morgan fingerprint density at radius 3 is 2.54 bits per heavy atom. The van der Waals surface area contributed by atoms with E-state index in [2.05, 4.69) is 30.7 Å². The Balaban J connectivity index is 2.52. The summed E-state index contributed by atoms with van der Waals surface area (Å²) in [6.45, 7) is 7.35. The third-order valence-corrected chi connectivity index (χ3v) is 2.14. The Bertz CT molecular complexity index is 183. The standard InChI is InChI=1S/C10H21N3/c1-4-7-13(9-5-6-9)10(11)12-8(2)3/h8-9H,4-7H2,1-3H3,(H2,11,12). The molecule has 3 heteroatoms. The van der Waals surface area contributed by atoms with E-state index in [4.69, 9.17) is 5.73 Å². The van der Waals surface area contributed by atoms with Gasteiger partial charge in [0, 0.05) is 18.6 Å². The largest absolute Gasteiger partial charge is 0.370 e. The Morgan fingerprint density at radius 2 is 2.15 bits per heavy atom. The fourth-order valence-corrected chi connectivity index (χ4v) is 1.45. The molecule has 13 heavy (non-hydrogen) atoms. The van der Waals surface area contributed by atoms with Crippen LogP contribution >= 0.6 is 0 Å². The third kappa shape index (κ3) is 3.25. The first kappa shape index (κ1) is 10.4. The lowest BCUT2D eigenvalue weighted by Crippen LogP contribution is -2.40. The minimum atomic E-state index is 0.304. The molecule has 0 bridgehead atoms. The molecule has 0 radical (unpaired) electrons. The average molecular weight is 183 g/mol. The second-order valence-electron chi connectivity index (χ2n) is 4.01. The van der Waals surface area contributed by atoms with Gasteiger partial charge in [-0.3, -0.25) is 4.99 Å². The maximum Gasteiger partial charge on any atom is 0.191 e. The van der Waals surface area contributed by atoms with Gasteiger partial charge in [0.1, 0.15) is 0 Å². The lowest BCUT2D eigenvalue weighted by molar-refractivity contribution is 0.401. The summed E-state index contributed by atoms with van der Waals surface area (Å²) >= 11 is 0. The van der Waals surface area contributed by atoms with E-state index >= 15 is 0 Å². The Morgan fingerprint density at radius 1 is 1.54 bits per heavy atom. The van der Waals surface area contributed by atoms with E-state index in [1.165, 1.54) is 12.8 Å². The molecular formula is C10H21N3. The average Bonchev–Trinajstić information content (AvgIpc) is 2.81. The van der Waals surface area contributed by atoms with Crippen LogP contribution in [0.3, 0.4) is 0 Å². The lowest BCUT2D eigenvalue weighted by Gasteiger charge is -2.23. The highest BCUT2D eigenvalue weighted by atomic mass is 15.3. The summed E-state index contributed by atoms with van der Waals surface area (Å²) in [4.78, 5) is 6.63. The van der Waals surface area contributed by atoms with Crippen molar-refractivity contribution in [3.63, 3.8) is 0 Å². The van der Waals surface area contributed by atoms with Crippen molar-refractivity contribution in [3.8, 4) is 0 Å². The molecule has 0 saturated heterocycles. The molecular weight excluding hydrogens is 162 g/mol. The number of aliphatic imine (C=N–C) groups is 1. The van der Waals surface area contributed by atoms with Crippen molar-refractivity contribution in [1.82, 2.24) is 4.90 Å². The van der Waals surface area contributed by atoms with Gasteiger partial charge in [0.15, 0.2) is 5.96 Å². The van der Waals surface area contributed by atoms with E-state index in [1.54, 1.807) is 0 Å². The van der Waals surface area contributed by atoms with Crippen LogP contribution < -0.4 is 5.73 Å². The summed E-state index contributed by atoms with van der Waals surface area (Å²) < 4.78 is 0. The quantitative estimate of drug-likeness (QED) is 0.531. The van der Waals surface area contributed by atoms with Gasteiger partial charge in [0.25, 0.3) is 0 Å². The van der Waals surface area contributed by atoms with Crippen molar-refractivity contribution >= 4 is 5.96 Å². The van der Waals surface area contributed by atoms with Gasteiger partial charge < -0.3 is 10.6 Å². The predicted molar refractivity (Wildman–Crippen MR) is 56.8 cm³/mol. The smallest absolute Gasteiger partial charge is 0.191 e. The zero-order valence-electron chi connectivity index (χ0n) is 8.95. The number of hydrogen-bond donors (Lipinski definition) is 1. The number of hydrogen-bond acceptors (Lipinski definition) is 1.